The molecule has 29 heavy (non-hydrogen) atoms. The molecule has 0 aromatic heterocycles. The molecular weight excluding hydrogens is 414 g/mol. The van der Waals surface area contributed by atoms with Gasteiger partial charge < -0.3 is 14.8 Å². The van der Waals surface area contributed by atoms with Crippen LogP contribution < -0.4 is 5.32 Å². The van der Waals surface area contributed by atoms with Crippen molar-refractivity contribution in [3.8, 4) is 0 Å². The first kappa shape index (κ1) is 21.3. The van der Waals surface area contributed by atoms with Crippen LogP contribution in [0.4, 0.5) is 4.79 Å². The molecule has 1 fully saturated rings. The van der Waals surface area contributed by atoms with Crippen LogP contribution >= 0.6 is 11.6 Å². The van der Waals surface area contributed by atoms with Gasteiger partial charge in [-0.3, -0.25) is 0 Å². The van der Waals surface area contributed by atoms with Crippen LogP contribution in [0.25, 0.3) is 0 Å². The lowest BCUT2D eigenvalue weighted by Crippen LogP contribution is -2.45. The summed E-state index contributed by atoms with van der Waals surface area (Å²) in [5, 5.41) is 1.84. The summed E-state index contributed by atoms with van der Waals surface area (Å²) in [6.45, 7) is 5.05. The zero-order valence-corrected chi connectivity index (χ0v) is 17.8. The molecular formula is C21H22ClNO5S. The standard InChI is InChI=1S/C21H22ClNO5S/c1-20(2,3)28-19(25)23-21(13-24)17(14-9-11-15(22)12-10-14)18(21)29(26,27)16-7-5-4-6-8-16/h4-13,17-18H,1-3H3,(H,23,25)/t17-,18+,21-/m1/s1. The normalized spacial score (nSPS) is 23.9. The minimum atomic E-state index is -3.92. The SMILES string of the molecule is CC(C)(C)OC(=O)N[C@]1(C=O)[C@H](c2ccc(Cl)cc2)[C@@H]1S(=O)(=O)c1ccccc1. The minimum Gasteiger partial charge on any atom is -0.444 e. The van der Waals surface area contributed by atoms with Crippen molar-refractivity contribution in [1.29, 1.82) is 0 Å². The molecule has 1 N–H and O–H groups in total. The third-order valence-corrected chi connectivity index (χ3v) is 7.24. The highest BCUT2D eigenvalue weighted by Gasteiger charge is 2.73. The Balaban J connectivity index is 2.04. The molecule has 1 aliphatic carbocycles. The number of hydrogen-bond donors (Lipinski definition) is 1. The second-order valence-electron chi connectivity index (χ2n) is 7.99. The minimum absolute atomic E-state index is 0.0821. The van der Waals surface area contributed by atoms with Crippen LogP contribution in [0.3, 0.4) is 0 Å². The van der Waals surface area contributed by atoms with E-state index in [4.69, 9.17) is 16.3 Å². The summed E-state index contributed by atoms with van der Waals surface area (Å²) in [4.78, 5) is 24.7. The fourth-order valence-electron chi connectivity index (χ4n) is 3.49. The van der Waals surface area contributed by atoms with Crippen LogP contribution in [0.1, 0.15) is 32.3 Å². The largest absolute Gasteiger partial charge is 0.444 e. The van der Waals surface area contributed by atoms with Gasteiger partial charge in [-0.25, -0.2) is 13.2 Å². The molecule has 154 valence electrons. The average molecular weight is 436 g/mol. The van der Waals surface area contributed by atoms with Crippen molar-refractivity contribution in [3.05, 3.63) is 65.2 Å². The first-order valence-corrected chi connectivity index (χ1v) is 11.0. The van der Waals surface area contributed by atoms with Gasteiger partial charge in [-0.15, -0.1) is 0 Å². The molecule has 0 radical (unpaired) electrons. The highest BCUT2D eigenvalue weighted by atomic mass is 35.5. The smallest absolute Gasteiger partial charge is 0.408 e. The fourth-order valence-corrected chi connectivity index (χ4v) is 5.88. The number of ether oxygens (including phenoxy) is 1. The van der Waals surface area contributed by atoms with Crippen LogP contribution in [-0.2, 0) is 19.4 Å². The van der Waals surface area contributed by atoms with Gasteiger partial charge in [0, 0.05) is 10.9 Å². The van der Waals surface area contributed by atoms with Crippen LogP contribution in [0.2, 0.25) is 5.02 Å². The molecule has 0 heterocycles. The van der Waals surface area contributed by atoms with Gasteiger partial charge in [0.25, 0.3) is 0 Å². The Morgan fingerprint density at radius 3 is 2.21 bits per heavy atom. The van der Waals surface area contributed by atoms with Gasteiger partial charge in [0.2, 0.25) is 0 Å². The van der Waals surface area contributed by atoms with E-state index in [0.29, 0.717) is 16.9 Å². The second kappa shape index (κ2) is 7.46. The summed E-state index contributed by atoms with van der Waals surface area (Å²) < 4.78 is 31.9. The van der Waals surface area contributed by atoms with Gasteiger partial charge in [0.1, 0.15) is 22.7 Å². The lowest BCUT2D eigenvalue weighted by atomic mass is 10.1. The third-order valence-electron chi connectivity index (χ3n) is 4.73. The van der Waals surface area contributed by atoms with Crippen molar-refractivity contribution in [1.82, 2.24) is 5.32 Å². The van der Waals surface area contributed by atoms with Crippen LogP contribution in [0.15, 0.2) is 59.5 Å². The fraction of sp³-hybridized carbons (Fsp3) is 0.333. The maximum Gasteiger partial charge on any atom is 0.408 e. The first-order valence-electron chi connectivity index (χ1n) is 9.03. The van der Waals surface area contributed by atoms with Crippen molar-refractivity contribution in [2.24, 2.45) is 0 Å². The van der Waals surface area contributed by atoms with Crippen molar-refractivity contribution in [2.45, 2.75) is 48.0 Å². The molecule has 2 aromatic rings. The predicted molar refractivity (Wildman–Crippen MR) is 110 cm³/mol. The number of aldehydes is 1. The molecule has 0 unspecified atom stereocenters. The monoisotopic (exact) mass is 435 g/mol. The predicted octanol–water partition coefficient (Wildman–Crippen LogP) is 3.74. The molecule has 1 aliphatic rings. The van der Waals surface area contributed by atoms with Crippen molar-refractivity contribution >= 4 is 33.8 Å². The number of halogens is 1. The summed E-state index contributed by atoms with van der Waals surface area (Å²) in [5.41, 5.74) is -1.85. The van der Waals surface area contributed by atoms with E-state index in [0.717, 1.165) is 0 Å². The van der Waals surface area contributed by atoms with E-state index < -0.39 is 38.2 Å². The number of benzene rings is 2. The molecule has 1 amide bonds. The lowest BCUT2D eigenvalue weighted by molar-refractivity contribution is -0.110. The molecule has 0 bridgehead atoms. The van der Waals surface area contributed by atoms with Crippen molar-refractivity contribution in [3.63, 3.8) is 0 Å². The van der Waals surface area contributed by atoms with E-state index in [1.807, 2.05) is 0 Å². The van der Waals surface area contributed by atoms with Crippen LogP contribution in [-0.4, -0.2) is 37.2 Å². The number of nitrogens with one attached hydrogen (secondary N) is 1. The Bertz CT molecular complexity index is 1020. The molecule has 8 heteroatoms. The number of amides is 1. The molecule has 0 spiro atoms. The van der Waals surface area contributed by atoms with Gasteiger partial charge >= 0.3 is 6.09 Å². The zero-order valence-electron chi connectivity index (χ0n) is 16.3. The van der Waals surface area contributed by atoms with Crippen LogP contribution in [0.5, 0.6) is 0 Å². The number of sulfone groups is 1. The number of hydrogen-bond acceptors (Lipinski definition) is 5. The summed E-state index contributed by atoms with van der Waals surface area (Å²) in [5.74, 6) is -0.769. The number of carbonyl (C=O) groups excluding carboxylic acids is 2. The maximum absolute atomic E-state index is 13.3. The molecule has 3 rings (SSSR count). The summed E-state index contributed by atoms with van der Waals surface area (Å²) in [6.07, 6.45) is -0.365. The average Bonchev–Trinajstić information content (AvgIpc) is 3.31. The van der Waals surface area contributed by atoms with E-state index in [9.17, 15) is 18.0 Å². The van der Waals surface area contributed by atoms with Gasteiger partial charge in [-0.1, -0.05) is 41.9 Å². The molecule has 3 atom stereocenters. The zero-order chi connectivity index (χ0) is 21.4. The first-order chi connectivity index (χ1) is 13.5. The highest BCUT2D eigenvalue weighted by Crippen LogP contribution is 2.56. The van der Waals surface area contributed by atoms with E-state index in [1.165, 1.54) is 12.1 Å². The summed E-state index contributed by atoms with van der Waals surface area (Å²) in [6, 6.07) is 14.4. The summed E-state index contributed by atoms with van der Waals surface area (Å²) >= 11 is 5.94. The van der Waals surface area contributed by atoms with E-state index >= 15 is 0 Å². The number of carbonyl (C=O) groups is 2. The van der Waals surface area contributed by atoms with Gasteiger partial charge in [-0.2, -0.15) is 0 Å². The molecule has 0 saturated heterocycles. The Morgan fingerprint density at radius 2 is 1.69 bits per heavy atom. The Kier molecular flexibility index (Phi) is 5.49. The van der Waals surface area contributed by atoms with Crippen molar-refractivity contribution in [2.75, 3.05) is 0 Å². The molecule has 6 nitrogen and oxygen atoms in total. The quantitative estimate of drug-likeness (QED) is 0.722. The third kappa shape index (κ3) is 4.16. The van der Waals surface area contributed by atoms with Crippen LogP contribution in [0, 0.1) is 0 Å². The summed E-state index contributed by atoms with van der Waals surface area (Å²) in [7, 11) is -3.92. The van der Waals surface area contributed by atoms with Gasteiger partial charge in [0.15, 0.2) is 9.84 Å². The van der Waals surface area contributed by atoms with E-state index in [-0.39, 0.29) is 4.90 Å². The topological polar surface area (TPSA) is 89.5 Å². The number of alkyl carbamates (subject to hydrolysis) is 1. The Morgan fingerprint density at radius 1 is 1.10 bits per heavy atom. The lowest BCUT2D eigenvalue weighted by Gasteiger charge is -2.22. The van der Waals surface area contributed by atoms with Gasteiger partial charge in [-0.05, 0) is 50.6 Å². The maximum atomic E-state index is 13.3. The Labute approximate surface area is 175 Å². The second-order valence-corrected chi connectivity index (χ2v) is 10.5. The van der Waals surface area contributed by atoms with E-state index in [1.54, 1.807) is 63.2 Å². The highest BCUT2D eigenvalue weighted by molar-refractivity contribution is 7.92. The van der Waals surface area contributed by atoms with E-state index in [2.05, 4.69) is 5.32 Å². The molecule has 2 aromatic carbocycles. The molecule has 1 saturated carbocycles. The Hall–Kier alpha value is -2.38. The van der Waals surface area contributed by atoms with Crippen molar-refractivity contribution < 1.29 is 22.7 Å². The van der Waals surface area contributed by atoms with Gasteiger partial charge in [0.05, 0.1) is 4.90 Å². The molecule has 0 aliphatic heterocycles. The number of rotatable bonds is 5.